The van der Waals surface area contributed by atoms with Gasteiger partial charge in [0, 0.05) is 6.54 Å². The molecule has 0 aromatic heterocycles. The van der Waals surface area contributed by atoms with Crippen LogP contribution in [-0.2, 0) is 17.5 Å². The minimum absolute atomic E-state index is 0.0156. The Labute approximate surface area is 152 Å². The van der Waals surface area contributed by atoms with Crippen LogP contribution in [0.1, 0.15) is 22.8 Å². The number of aliphatic hydroxyl groups excluding tert-OH is 2. The normalized spacial score (nSPS) is 13.7. The lowest BCUT2D eigenvalue weighted by molar-refractivity contribution is -0.140. The fourth-order valence-corrected chi connectivity index (χ4v) is 2.24. The largest absolute Gasteiger partial charge is 0.445 e. The zero-order chi connectivity index (χ0) is 20.0. The van der Waals surface area contributed by atoms with Gasteiger partial charge in [0.15, 0.2) is 0 Å². The van der Waals surface area contributed by atoms with Crippen LogP contribution in [0.25, 0.3) is 0 Å². The molecule has 3 N–H and O–H groups in total. The molecule has 9 heteroatoms. The third kappa shape index (κ3) is 5.93. The topological polar surface area (TPSA) is 78.8 Å². The fraction of sp³-hybridized carbons (Fsp3) is 0.278. The quantitative estimate of drug-likeness (QED) is 0.666. The highest BCUT2D eigenvalue weighted by Crippen LogP contribution is 2.33. The predicted octanol–water partition coefficient (Wildman–Crippen LogP) is 3.17. The van der Waals surface area contributed by atoms with E-state index in [4.69, 9.17) is 4.74 Å². The third-order valence-corrected chi connectivity index (χ3v) is 3.67. The number of hydrogen-bond acceptors (Lipinski definition) is 4. The van der Waals surface area contributed by atoms with E-state index >= 15 is 0 Å². The van der Waals surface area contributed by atoms with Gasteiger partial charge >= 0.3 is 12.3 Å². The molecule has 0 spiro atoms. The SMILES string of the molecule is O=C(NCC(O)C(O)c1ccc(F)c(C(F)(F)F)c1)OCc1ccccc1. The molecule has 2 rings (SSSR count). The number of alkyl carbamates (subject to hydrolysis) is 1. The molecule has 2 aromatic carbocycles. The lowest BCUT2D eigenvalue weighted by atomic mass is 10.0. The summed E-state index contributed by atoms with van der Waals surface area (Å²) in [4.78, 5) is 11.6. The highest BCUT2D eigenvalue weighted by atomic mass is 19.4. The van der Waals surface area contributed by atoms with E-state index in [0.717, 1.165) is 11.6 Å². The van der Waals surface area contributed by atoms with Crippen LogP contribution < -0.4 is 5.32 Å². The van der Waals surface area contributed by atoms with Crippen molar-refractivity contribution in [2.45, 2.75) is 25.0 Å². The second-order valence-electron chi connectivity index (χ2n) is 5.69. The summed E-state index contributed by atoms with van der Waals surface area (Å²) in [7, 11) is 0. The Morgan fingerprint density at radius 2 is 1.78 bits per heavy atom. The van der Waals surface area contributed by atoms with Crippen molar-refractivity contribution in [3.63, 3.8) is 0 Å². The van der Waals surface area contributed by atoms with Crippen LogP contribution >= 0.6 is 0 Å². The van der Waals surface area contributed by atoms with Crippen molar-refractivity contribution in [3.05, 3.63) is 71.0 Å². The highest BCUT2D eigenvalue weighted by molar-refractivity contribution is 5.67. The number of rotatable bonds is 6. The second-order valence-corrected chi connectivity index (χ2v) is 5.69. The van der Waals surface area contributed by atoms with Gasteiger partial charge in [0.2, 0.25) is 0 Å². The van der Waals surface area contributed by atoms with E-state index in [9.17, 15) is 32.6 Å². The van der Waals surface area contributed by atoms with Crippen LogP contribution in [0.2, 0.25) is 0 Å². The van der Waals surface area contributed by atoms with Gasteiger partial charge in [-0.05, 0) is 23.3 Å². The molecule has 0 aliphatic heterocycles. The van der Waals surface area contributed by atoms with E-state index in [1.165, 1.54) is 0 Å². The first-order valence-electron chi connectivity index (χ1n) is 7.86. The van der Waals surface area contributed by atoms with E-state index in [1.54, 1.807) is 30.3 Å². The van der Waals surface area contributed by atoms with Gasteiger partial charge in [-0.1, -0.05) is 36.4 Å². The number of aliphatic hydroxyl groups is 2. The number of carbonyl (C=O) groups excluding carboxylic acids is 1. The van der Waals surface area contributed by atoms with Crippen LogP contribution in [0.4, 0.5) is 22.4 Å². The van der Waals surface area contributed by atoms with E-state index in [1.807, 2.05) is 0 Å². The predicted molar refractivity (Wildman–Crippen MR) is 87.0 cm³/mol. The molecule has 2 unspecified atom stereocenters. The maximum Gasteiger partial charge on any atom is 0.419 e. The Morgan fingerprint density at radius 3 is 2.41 bits per heavy atom. The Hall–Kier alpha value is -2.65. The number of amides is 1. The lowest BCUT2D eigenvalue weighted by Gasteiger charge is -2.20. The molecule has 27 heavy (non-hydrogen) atoms. The highest BCUT2D eigenvalue weighted by Gasteiger charge is 2.35. The average Bonchev–Trinajstić information content (AvgIpc) is 2.64. The number of benzene rings is 2. The van der Waals surface area contributed by atoms with Crippen LogP contribution in [0.3, 0.4) is 0 Å². The molecular formula is C18H17F4NO4. The molecular weight excluding hydrogens is 370 g/mol. The summed E-state index contributed by atoms with van der Waals surface area (Å²) in [6.07, 6.45) is -9.20. The Kier molecular flexibility index (Phi) is 6.75. The maximum atomic E-state index is 13.3. The minimum Gasteiger partial charge on any atom is -0.445 e. The minimum atomic E-state index is -4.94. The summed E-state index contributed by atoms with van der Waals surface area (Å²) < 4.78 is 56.3. The average molecular weight is 387 g/mol. The molecule has 0 fully saturated rings. The molecule has 0 saturated carbocycles. The standard InChI is InChI=1S/C18H17F4NO4/c19-14-7-6-12(8-13(14)18(20,21)22)16(25)15(24)9-23-17(26)27-10-11-4-2-1-3-5-11/h1-8,15-16,24-25H,9-10H2,(H,23,26). The summed E-state index contributed by atoms with van der Waals surface area (Å²) in [6, 6.07) is 10.7. The molecule has 0 heterocycles. The van der Waals surface area contributed by atoms with E-state index < -0.39 is 42.4 Å². The number of carbonyl (C=O) groups is 1. The molecule has 0 aliphatic carbocycles. The molecule has 2 aromatic rings. The van der Waals surface area contributed by atoms with Crippen molar-refractivity contribution >= 4 is 6.09 Å². The lowest BCUT2D eigenvalue weighted by Crippen LogP contribution is -2.35. The first-order valence-corrected chi connectivity index (χ1v) is 7.86. The van der Waals surface area contributed by atoms with Crippen molar-refractivity contribution in [3.8, 4) is 0 Å². The number of hydrogen-bond donors (Lipinski definition) is 3. The first kappa shape index (κ1) is 20.7. The van der Waals surface area contributed by atoms with Crippen molar-refractivity contribution in [1.82, 2.24) is 5.32 Å². The molecule has 5 nitrogen and oxygen atoms in total. The third-order valence-electron chi connectivity index (χ3n) is 3.67. The Bertz CT molecular complexity index is 768. The zero-order valence-electron chi connectivity index (χ0n) is 13.9. The smallest absolute Gasteiger partial charge is 0.419 e. The van der Waals surface area contributed by atoms with Crippen LogP contribution in [-0.4, -0.2) is 29.0 Å². The van der Waals surface area contributed by atoms with Crippen molar-refractivity contribution in [2.24, 2.45) is 0 Å². The van der Waals surface area contributed by atoms with Gasteiger partial charge in [-0.2, -0.15) is 13.2 Å². The monoisotopic (exact) mass is 387 g/mol. The maximum absolute atomic E-state index is 13.3. The van der Waals surface area contributed by atoms with Crippen molar-refractivity contribution < 1.29 is 37.3 Å². The number of nitrogens with one attached hydrogen (secondary N) is 1. The number of ether oxygens (including phenoxy) is 1. The Morgan fingerprint density at radius 1 is 1.11 bits per heavy atom. The van der Waals surface area contributed by atoms with Crippen LogP contribution in [0.5, 0.6) is 0 Å². The van der Waals surface area contributed by atoms with Gasteiger partial charge < -0.3 is 20.3 Å². The van der Waals surface area contributed by atoms with Gasteiger partial charge in [0.1, 0.15) is 24.6 Å². The number of alkyl halides is 3. The first-order chi connectivity index (χ1) is 12.7. The van der Waals surface area contributed by atoms with Gasteiger partial charge in [-0.3, -0.25) is 0 Å². The van der Waals surface area contributed by atoms with E-state index in [2.05, 4.69) is 5.32 Å². The second kappa shape index (κ2) is 8.83. The van der Waals surface area contributed by atoms with Crippen molar-refractivity contribution in [1.29, 1.82) is 0 Å². The summed E-state index contributed by atoms with van der Waals surface area (Å²) in [5, 5.41) is 22.0. The van der Waals surface area contributed by atoms with Crippen molar-refractivity contribution in [2.75, 3.05) is 6.54 Å². The van der Waals surface area contributed by atoms with E-state index in [-0.39, 0.29) is 12.2 Å². The van der Waals surface area contributed by atoms with Gasteiger partial charge in [-0.25, -0.2) is 9.18 Å². The number of halogens is 4. The van der Waals surface area contributed by atoms with Gasteiger partial charge in [0.25, 0.3) is 0 Å². The molecule has 1 amide bonds. The molecule has 0 aliphatic rings. The molecule has 146 valence electrons. The molecule has 0 bridgehead atoms. The van der Waals surface area contributed by atoms with Crippen LogP contribution in [0.15, 0.2) is 48.5 Å². The summed E-state index contributed by atoms with van der Waals surface area (Å²) in [5.41, 5.74) is -1.16. The zero-order valence-corrected chi connectivity index (χ0v) is 13.9. The summed E-state index contributed by atoms with van der Waals surface area (Å²) in [5.74, 6) is -1.49. The van der Waals surface area contributed by atoms with Crippen LogP contribution in [0, 0.1) is 5.82 Å². The fourth-order valence-electron chi connectivity index (χ4n) is 2.24. The van der Waals surface area contributed by atoms with Gasteiger partial charge in [0.05, 0.1) is 5.56 Å². The Balaban J connectivity index is 1.90. The molecule has 2 atom stereocenters. The van der Waals surface area contributed by atoms with Gasteiger partial charge in [-0.15, -0.1) is 0 Å². The molecule has 0 radical (unpaired) electrons. The summed E-state index contributed by atoms with van der Waals surface area (Å²) in [6.45, 7) is -0.494. The summed E-state index contributed by atoms with van der Waals surface area (Å²) >= 11 is 0. The molecule has 0 saturated heterocycles. The van der Waals surface area contributed by atoms with E-state index in [0.29, 0.717) is 12.1 Å².